The van der Waals surface area contributed by atoms with E-state index < -0.39 is 0 Å². The van der Waals surface area contributed by atoms with Crippen molar-refractivity contribution in [3.8, 4) is 5.75 Å². The fraction of sp³-hybridized carbons (Fsp3) is 0.167. The van der Waals surface area contributed by atoms with Crippen molar-refractivity contribution in [3.05, 3.63) is 58.1 Å². The van der Waals surface area contributed by atoms with Crippen LogP contribution in [-0.2, 0) is 4.79 Å². The topological polar surface area (TPSA) is 67.4 Å². The Morgan fingerprint density at radius 2 is 1.96 bits per heavy atom. The van der Waals surface area contributed by atoms with Crippen LogP contribution in [-0.4, -0.2) is 23.4 Å². The van der Waals surface area contributed by atoms with Crippen molar-refractivity contribution in [3.63, 3.8) is 0 Å². The smallest absolute Gasteiger partial charge is 0.264 e. The summed E-state index contributed by atoms with van der Waals surface area (Å²) in [6.45, 7) is 3.28. The molecule has 0 heterocycles. The second kappa shape index (κ2) is 8.73. The third-order valence-electron chi connectivity index (χ3n) is 3.23. The monoisotopic (exact) mass is 420 g/mol. The molecule has 0 fully saturated rings. The number of nitrogens with one attached hydrogen (secondary N) is 2. The Morgan fingerprint density at radius 1 is 1.20 bits per heavy atom. The normalized spacial score (nSPS) is 10.0. The molecule has 7 heteroatoms. The number of halogens is 1. The number of ether oxygens (including phenoxy) is 1. The Hall–Kier alpha value is -2.25. The number of ketones is 1. The number of thiocarbonyl (C=S) groups is 1. The molecule has 2 rings (SSSR count). The first-order valence-corrected chi connectivity index (χ1v) is 8.66. The number of carbonyl (C=O) groups is 2. The Balaban J connectivity index is 1.86. The molecule has 0 spiro atoms. The Labute approximate surface area is 159 Å². The molecule has 0 saturated carbocycles. The SMILES string of the molecule is CC(=O)c1cccc(NC(=S)NC(=O)COc2ccc(C)cc2Br)c1. The van der Waals surface area contributed by atoms with Crippen molar-refractivity contribution in [2.24, 2.45) is 0 Å². The van der Waals surface area contributed by atoms with Gasteiger partial charge in [-0.3, -0.25) is 14.9 Å². The molecular weight excluding hydrogens is 404 g/mol. The second-order valence-electron chi connectivity index (χ2n) is 5.36. The molecule has 0 bridgehead atoms. The molecule has 25 heavy (non-hydrogen) atoms. The predicted molar refractivity (Wildman–Crippen MR) is 105 cm³/mol. The lowest BCUT2D eigenvalue weighted by Gasteiger charge is -2.11. The van der Waals surface area contributed by atoms with Crippen molar-refractivity contribution in [2.45, 2.75) is 13.8 Å². The van der Waals surface area contributed by atoms with Crippen molar-refractivity contribution in [1.82, 2.24) is 5.32 Å². The van der Waals surface area contributed by atoms with Gasteiger partial charge in [0, 0.05) is 11.3 Å². The molecule has 0 aliphatic heterocycles. The van der Waals surface area contributed by atoms with Gasteiger partial charge in [-0.2, -0.15) is 0 Å². The summed E-state index contributed by atoms with van der Waals surface area (Å²) in [5, 5.41) is 5.54. The number of carbonyl (C=O) groups excluding carboxylic acids is 2. The van der Waals surface area contributed by atoms with Gasteiger partial charge in [-0.05, 0) is 71.8 Å². The average Bonchev–Trinajstić information content (AvgIpc) is 2.54. The molecule has 2 aromatic carbocycles. The van der Waals surface area contributed by atoms with Gasteiger partial charge in [-0.25, -0.2) is 0 Å². The Morgan fingerprint density at radius 3 is 2.64 bits per heavy atom. The zero-order valence-corrected chi connectivity index (χ0v) is 16.2. The van der Waals surface area contributed by atoms with Crippen LogP contribution < -0.4 is 15.4 Å². The molecule has 0 radical (unpaired) electrons. The van der Waals surface area contributed by atoms with Gasteiger partial charge in [0.25, 0.3) is 5.91 Å². The van der Waals surface area contributed by atoms with Gasteiger partial charge in [0.15, 0.2) is 17.5 Å². The third-order valence-corrected chi connectivity index (χ3v) is 4.05. The van der Waals surface area contributed by atoms with Crippen LogP contribution in [0.1, 0.15) is 22.8 Å². The molecule has 130 valence electrons. The highest BCUT2D eigenvalue weighted by atomic mass is 79.9. The lowest BCUT2D eigenvalue weighted by Crippen LogP contribution is -2.37. The van der Waals surface area contributed by atoms with E-state index in [0.717, 1.165) is 10.0 Å². The van der Waals surface area contributed by atoms with Crippen LogP contribution in [0.25, 0.3) is 0 Å². The van der Waals surface area contributed by atoms with E-state index in [0.29, 0.717) is 17.0 Å². The maximum atomic E-state index is 11.9. The van der Waals surface area contributed by atoms with E-state index in [4.69, 9.17) is 17.0 Å². The van der Waals surface area contributed by atoms with E-state index in [1.165, 1.54) is 6.92 Å². The number of hydrogen-bond donors (Lipinski definition) is 2. The van der Waals surface area contributed by atoms with Crippen LogP contribution in [0.2, 0.25) is 0 Å². The van der Waals surface area contributed by atoms with Crippen molar-refractivity contribution in [2.75, 3.05) is 11.9 Å². The first-order chi connectivity index (χ1) is 11.8. The van der Waals surface area contributed by atoms with Gasteiger partial charge >= 0.3 is 0 Å². The molecule has 0 saturated heterocycles. The summed E-state index contributed by atoms with van der Waals surface area (Å²) in [5.74, 6) is 0.150. The van der Waals surface area contributed by atoms with E-state index in [2.05, 4.69) is 26.6 Å². The van der Waals surface area contributed by atoms with Gasteiger partial charge < -0.3 is 10.1 Å². The van der Waals surface area contributed by atoms with E-state index in [1.54, 1.807) is 30.3 Å². The van der Waals surface area contributed by atoms with Gasteiger partial charge in [0.2, 0.25) is 0 Å². The lowest BCUT2D eigenvalue weighted by molar-refractivity contribution is -0.121. The fourth-order valence-corrected chi connectivity index (χ4v) is 2.85. The molecular formula is C18H17BrN2O3S. The molecule has 0 aliphatic carbocycles. The van der Waals surface area contributed by atoms with Crippen LogP contribution >= 0.6 is 28.1 Å². The molecule has 5 nitrogen and oxygen atoms in total. The number of amides is 1. The first-order valence-electron chi connectivity index (χ1n) is 7.46. The van der Waals surface area contributed by atoms with Crippen LogP contribution in [0.3, 0.4) is 0 Å². The van der Waals surface area contributed by atoms with Crippen LogP contribution in [0.5, 0.6) is 5.75 Å². The molecule has 0 aromatic heterocycles. The summed E-state index contributed by atoms with van der Waals surface area (Å²) in [5.41, 5.74) is 2.27. The quantitative estimate of drug-likeness (QED) is 0.567. The van der Waals surface area contributed by atoms with E-state index in [1.807, 2.05) is 19.1 Å². The van der Waals surface area contributed by atoms with Crippen LogP contribution in [0, 0.1) is 6.92 Å². The number of Topliss-reactive ketones (excluding diaryl/α,β-unsaturated/α-hetero) is 1. The third kappa shape index (κ3) is 5.95. The van der Waals surface area contributed by atoms with Gasteiger partial charge in [-0.15, -0.1) is 0 Å². The zero-order valence-electron chi connectivity index (χ0n) is 13.8. The summed E-state index contributed by atoms with van der Waals surface area (Å²) in [6.07, 6.45) is 0. The van der Waals surface area contributed by atoms with Crippen molar-refractivity contribution < 1.29 is 14.3 Å². The molecule has 2 N–H and O–H groups in total. The van der Waals surface area contributed by atoms with Crippen LogP contribution in [0.4, 0.5) is 5.69 Å². The highest BCUT2D eigenvalue weighted by molar-refractivity contribution is 9.10. The number of benzene rings is 2. The van der Waals surface area contributed by atoms with E-state index >= 15 is 0 Å². The molecule has 0 atom stereocenters. The minimum atomic E-state index is -0.382. The summed E-state index contributed by atoms with van der Waals surface area (Å²) >= 11 is 8.49. The zero-order chi connectivity index (χ0) is 18.4. The standard InChI is InChI=1S/C18H17BrN2O3S/c1-11-6-7-16(15(19)8-11)24-10-17(23)21-18(25)20-14-5-3-4-13(9-14)12(2)22/h3-9H,10H2,1-2H3,(H2,20,21,23,25). The molecule has 2 aromatic rings. The maximum Gasteiger partial charge on any atom is 0.264 e. The largest absolute Gasteiger partial charge is 0.483 e. The molecule has 0 aliphatic rings. The number of anilines is 1. The number of hydrogen-bond acceptors (Lipinski definition) is 4. The summed E-state index contributed by atoms with van der Waals surface area (Å²) in [4.78, 5) is 23.3. The van der Waals surface area contributed by atoms with Gasteiger partial charge in [-0.1, -0.05) is 18.2 Å². The summed E-state index contributed by atoms with van der Waals surface area (Å²) in [7, 11) is 0. The highest BCUT2D eigenvalue weighted by Crippen LogP contribution is 2.25. The first kappa shape index (κ1) is 19.1. The minimum Gasteiger partial charge on any atom is -0.483 e. The summed E-state index contributed by atoms with van der Waals surface area (Å²) in [6, 6.07) is 12.5. The lowest BCUT2D eigenvalue weighted by atomic mass is 10.1. The van der Waals surface area contributed by atoms with Gasteiger partial charge in [0.05, 0.1) is 4.47 Å². The number of rotatable bonds is 5. The molecule has 0 unspecified atom stereocenters. The van der Waals surface area contributed by atoms with Crippen molar-refractivity contribution >= 4 is 50.6 Å². The average molecular weight is 421 g/mol. The van der Waals surface area contributed by atoms with E-state index in [9.17, 15) is 9.59 Å². The number of aryl methyl sites for hydroxylation is 1. The van der Waals surface area contributed by atoms with E-state index in [-0.39, 0.29) is 23.4 Å². The predicted octanol–water partition coefficient (Wildman–Crippen LogP) is 3.85. The minimum absolute atomic E-state index is 0.0457. The van der Waals surface area contributed by atoms with Crippen molar-refractivity contribution in [1.29, 1.82) is 0 Å². The Bertz CT molecular complexity index is 824. The second-order valence-corrected chi connectivity index (χ2v) is 6.62. The summed E-state index contributed by atoms with van der Waals surface area (Å²) < 4.78 is 6.24. The fourth-order valence-electron chi connectivity index (χ4n) is 2.01. The molecule has 1 amide bonds. The Kier molecular flexibility index (Phi) is 6.66. The highest BCUT2D eigenvalue weighted by Gasteiger charge is 2.09. The van der Waals surface area contributed by atoms with Crippen LogP contribution in [0.15, 0.2) is 46.9 Å². The maximum absolute atomic E-state index is 11.9. The van der Waals surface area contributed by atoms with Gasteiger partial charge in [0.1, 0.15) is 5.75 Å².